The van der Waals surface area contributed by atoms with E-state index >= 15 is 0 Å². The summed E-state index contributed by atoms with van der Waals surface area (Å²) < 4.78 is 20.2. The summed E-state index contributed by atoms with van der Waals surface area (Å²) in [4.78, 5) is 17.4. The molecule has 6 nitrogen and oxygen atoms in total. The number of nitrogens with one attached hydrogen (secondary N) is 1. The summed E-state index contributed by atoms with van der Waals surface area (Å²) in [6, 6.07) is 11.0. The molecule has 2 saturated heterocycles. The Morgan fingerprint density at radius 1 is 1.15 bits per heavy atom. The van der Waals surface area contributed by atoms with Crippen LogP contribution in [0.4, 0.5) is 15.8 Å². The number of fused-ring (bicyclic) bond motifs is 1. The zero-order valence-electron chi connectivity index (χ0n) is 20.2. The van der Waals surface area contributed by atoms with Crippen molar-refractivity contribution in [1.82, 2.24) is 4.90 Å². The van der Waals surface area contributed by atoms with Crippen molar-refractivity contribution in [2.45, 2.75) is 50.7 Å². The molecule has 0 spiro atoms. The molecule has 0 saturated carbocycles. The van der Waals surface area contributed by atoms with Gasteiger partial charge >= 0.3 is 0 Å². The van der Waals surface area contributed by atoms with Crippen LogP contribution in [0.3, 0.4) is 0 Å². The average Bonchev–Trinajstić information content (AvgIpc) is 3.17. The maximum atomic E-state index is 14.7. The van der Waals surface area contributed by atoms with Crippen molar-refractivity contribution in [3.05, 3.63) is 58.9 Å². The zero-order valence-corrected chi connectivity index (χ0v) is 20.2. The topological polar surface area (TPSA) is 65.0 Å². The van der Waals surface area contributed by atoms with Gasteiger partial charge in [0.25, 0.3) is 5.91 Å². The quantitative estimate of drug-likeness (QED) is 0.712. The third kappa shape index (κ3) is 4.39. The number of benzene rings is 2. The fourth-order valence-corrected chi connectivity index (χ4v) is 5.59. The maximum absolute atomic E-state index is 14.7. The fraction of sp³-hybridized carbons (Fsp3) is 0.519. The van der Waals surface area contributed by atoms with Gasteiger partial charge in [-0.3, -0.25) is 4.79 Å². The van der Waals surface area contributed by atoms with Crippen molar-refractivity contribution in [2.24, 2.45) is 0 Å². The van der Waals surface area contributed by atoms with E-state index in [0.717, 1.165) is 42.0 Å². The molecule has 3 aliphatic rings. The number of nitrogens with zero attached hydrogens (tertiary/aromatic N) is 2. The lowest BCUT2D eigenvalue weighted by atomic mass is 9.73. The van der Waals surface area contributed by atoms with Crippen molar-refractivity contribution >= 4 is 17.3 Å². The molecule has 0 aliphatic carbocycles. The van der Waals surface area contributed by atoms with Gasteiger partial charge < -0.3 is 25.0 Å². The minimum absolute atomic E-state index is 0.0770. The van der Waals surface area contributed by atoms with Crippen LogP contribution in [0.25, 0.3) is 0 Å². The molecular weight excluding hydrogens is 433 g/mol. The average molecular weight is 468 g/mol. The smallest absolute Gasteiger partial charge is 0.256 e. The van der Waals surface area contributed by atoms with Gasteiger partial charge in [0.05, 0.1) is 36.1 Å². The number of carbonyl (C=O) groups is 1. The Kier molecular flexibility index (Phi) is 5.81. The van der Waals surface area contributed by atoms with Crippen molar-refractivity contribution in [1.29, 1.82) is 0 Å². The van der Waals surface area contributed by atoms with Crippen LogP contribution >= 0.6 is 0 Å². The molecule has 0 aromatic heterocycles. The molecule has 3 aliphatic heterocycles. The molecule has 2 N–H and O–H groups in total. The largest absolute Gasteiger partial charge is 0.388 e. The van der Waals surface area contributed by atoms with Crippen LogP contribution in [0.5, 0.6) is 0 Å². The summed E-state index contributed by atoms with van der Waals surface area (Å²) in [6.07, 6.45) is 1.35. The number of hydrogen-bond acceptors (Lipinski definition) is 5. The Balaban J connectivity index is 1.49. The summed E-state index contributed by atoms with van der Waals surface area (Å²) in [7, 11) is 0. The Bertz CT molecular complexity index is 1090. The highest BCUT2D eigenvalue weighted by molar-refractivity contribution is 6.01. The summed E-state index contributed by atoms with van der Waals surface area (Å²) in [5.41, 5.74) is 3.21. The van der Waals surface area contributed by atoms with E-state index in [0.29, 0.717) is 38.3 Å². The molecule has 2 unspecified atom stereocenters. The highest BCUT2D eigenvalue weighted by Crippen LogP contribution is 2.46. The van der Waals surface area contributed by atoms with Crippen LogP contribution in [0.15, 0.2) is 36.4 Å². The van der Waals surface area contributed by atoms with Crippen LogP contribution in [0, 0.1) is 5.82 Å². The van der Waals surface area contributed by atoms with Crippen LogP contribution in [-0.4, -0.2) is 60.9 Å². The highest BCUT2D eigenvalue weighted by Gasteiger charge is 2.39. The first-order chi connectivity index (χ1) is 16.1. The first-order valence-corrected chi connectivity index (χ1v) is 12.2. The summed E-state index contributed by atoms with van der Waals surface area (Å²) in [6.45, 7) is 9.76. The number of carbonyl (C=O) groups excluding carboxylic acids is 1. The number of para-hydroxylation sites is 1. The molecule has 34 heavy (non-hydrogen) atoms. The lowest BCUT2D eigenvalue weighted by Gasteiger charge is -2.40. The molecule has 3 heterocycles. The van der Waals surface area contributed by atoms with E-state index in [4.69, 9.17) is 4.74 Å². The lowest BCUT2D eigenvalue weighted by molar-refractivity contribution is 0.0572. The van der Waals surface area contributed by atoms with E-state index in [1.807, 2.05) is 12.1 Å². The number of anilines is 2. The van der Waals surface area contributed by atoms with Crippen LogP contribution in [-0.2, 0) is 10.2 Å². The van der Waals surface area contributed by atoms with Gasteiger partial charge in [-0.15, -0.1) is 0 Å². The van der Waals surface area contributed by atoms with Crippen LogP contribution < -0.4 is 10.2 Å². The minimum atomic E-state index is -0.850. The first-order valence-electron chi connectivity index (χ1n) is 12.2. The van der Waals surface area contributed by atoms with Gasteiger partial charge in [0, 0.05) is 31.9 Å². The number of rotatable bonds is 3. The minimum Gasteiger partial charge on any atom is -0.388 e. The van der Waals surface area contributed by atoms with Gasteiger partial charge in [0.15, 0.2) is 0 Å². The second-order valence-electron chi connectivity index (χ2n) is 10.8. The molecule has 1 amide bonds. The SMILES string of the molecule is CC1(O)CCN(C(=O)c2cccc3c2NC(c2cc(F)cc(N4CCOCC4)c2)CC3(C)C)C1. The standard InChI is InChI=1S/C27H34FN3O3/c1-26(2)16-23(18-13-19(28)15-20(14-18)30-9-11-34-12-10-30)29-24-21(5-4-6-22(24)26)25(32)31-8-7-27(3,33)17-31/h4-6,13-15,23,29,33H,7-12,16-17H2,1-3H3. The van der Waals surface area contributed by atoms with Crippen molar-refractivity contribution < 1.29 is 19.0 Å². The molecule has 2 aromatic rings. The summed E-state index contributed by atoms with van der Waals surface area (Å²) in [5.74, 6) is -0.333. The van der Waals surface area contributed by atoms with Crippen molar-refractivity contribution in [3.63, 3.8) is 0 Å². The molecule has 0 bridgehead atoms. The number of hydrogen-bond donors (Lipinski definition) is 2. The maximum Gasteiger partial charge on any atom is 0.256 e. The van der Waals surface area contributed by atoms with E-state index in [1.165, 1.54) is 0 Å². The number of halogens is 1. The predicted octanol–water partition coefficient (Wildman–Crippen LogP) is 4.09. The number of morpholine rings is 1. The molecule has 2 fully saturated rings. The normalized spacial score (nSPS) is 26.2. The van der Waals surface area contributed by atoms with E-state index in [9.17, 15) is 14.3 Å². The summed E-state index contributed by atoms with van der Waals surface area (Å²) in [5, 5.41) is 14.0. The monoisotopic (exact) mass is 467 g/mol. The zero-order chi connectivity index (χ0) is 24.1. The van der Waals surface area contributed by atoms with Crippen molar-refractivity contribution in [2.75, 3.05) is 49.6 Å². The Morgan fingerprint density at radius 3 is 2.62 bits per heavy atom. The van der Waals surface area contributed by atoms with E-state index in [1.54, 1.807) is 24.0 Å². The number of aliphatic hydroxyl groups is 1. The molecule has 7 heteroatoms. The molecule has 2 aromatic carbocycles. The van der Waals surface area contributed by atoms with Crippen LogP contribution in [0.2, 0.25) is 0 Å². The number of ether oxygens (including phenoxy) is 1. The number of β-amino-alcohol motifs (C(OH)–C–C–N with tert-alkyl or cyclic N) is 1. The third-order valence-electron chi connectivity index (χ3n) is 7.48. The van der Waals surface area contributed by atoms with Crippen molar-refractivity contribution in [3.8, 4) is 0 Å². The Hall–Kier alpha value is -2.64. The lowest BCUT2D eigenvalue weighted by Crippen LogP contribution is -2.37. The van der Waals surface area contributed by atoms with Gasteiger partial charge in [-0.25, -0.2) is 4.39 Å². The third-order valence-corrected chi connectivity index (χ3v) is 7.48. The predicted molar refractivity (Wildman–Crippen MR) is 131 cm³/mol. The first kappa shape index (κ1) is 23.1. The Labute approximate surface area is 200 Å². The number of likely N-dealkylation sites (tertiary alicyclic amines) is 1. The Morgan fingerprint density at radius 2 is 1.91 bits per heavy atom. The van der Waals surface area contributed by atoms with Gasteiger partial charge in [-0.05, 0) is 60.6 Å². The van der Waals surface area contributed by atoms with Gasteiger partial charge in [0.2, 0.25) is 0 Å². The molecule has 5 rings (SSSR count). The second-order valence-corrected chi connectivity index (χ2v) is 10.8. The van der Waals surface area contributed by atoms with E-state index < -0.39 is 5.60 Å². The van der Waals surface area contributed by atoms with E-state index in [-0.39, 0.29) is 23.2 Å². The molecule has 2 atom stereocenters. The molecule has 182 valence electrons. The summed E-state index contributed by atoms with van der Waals surface area (Å²) >= 11 is 0. The second kappa shape index (κ2) is 8.54. The molecule has 0 radical (unpaired) electrons. The van der Waals surface area contributed by atoms with Gasteiger partial charge in [-0.1, -0.05) is 26.0 Å². The van der Waals surface area contributed by atoms with E-state index in [2.05, 4.69) is 36.2 Å². The highest BCUT2D eigenvalue weighted by atomic mass is 19.1. The fourth-order valence-electron chi connectivity index (χ4n) is 5.59. The van der Waals surface area contributed by atoms with Gasteiger partial charge in [-0.2, -0.15) is 0 Å². The van der Waals surface area contributed by atoms with Gasteiger partial charge in [0.1, 0.15) is 5.82 Å². The molecular formula is C27H34FN3O3. The van der Waals surface area contributed by atoms with Crippen LogP contribution in [0.1, 0.15) is 61.1 Å². The number of amides is 1.